The number of nitrogens with zero attached hydrogens (tertiary/aromatic N) is 4. The van der Waals surface area contributed by atoms with Gasteiger partial charge >= 0.3 is 124 Å². The molecule has 1 N–H and O–H groups in total. The normalized spacial score (nSPS) is 11.6. The third kappa shape index (κ3) is 8.09. The van der Waals surface area contributed by atoms with Gasteiger partial charge in [-0.05, 0) is 42.0 Å². The molecule has 8 aromatic rings. The summed E-state index contributed by atoms with van der Waals surface area (Å²) < 4.78 is 24.0. The Morgan fingerprint density at radius 1 is 0.895 bits per heavy atom. The van der Waals surface area contributed by atoms with Crippen molar-refractivity contribution >= 4 is 56.6 Å². The number of aromatic nitrogens is 4. The number of halogens is 1. The van der Waals surface area contributed by atoms with Crippen LogP contribution in [0, 0.1) is 24.9 Å². The molecule has 0 spiro atoms. The van der Waals surface area contributed by atoms with Gasteiger partial charge in [0.1, 0.15) is 5.58 Å². The summed E-state index contributed by atoms with van der Waals surface area (Å²) in [5, 5.41) is 10.5. The molecule has 4 aromatic heterocycles. The van der Waals surface area contributed by atoms with Crippen LogP contribution in [0.5, 0.6) is 0 Å². The van der Waals surface area contributed by atoms with Crippen LogP contribution < -0.4 is 4.40 Å². The summed E-state index contributed by atoms with van der Waals surface area (Å²) in [4.78, 5) is 28.8. The quantitative estimate of drug-likeness (QED) is 0.0734. The number of hydrogen-bond donors (Lipinski definition) is 1. The molecule has 1 radical (unpaired) electrons. The molecule has 57 heavy (non-hydrogen) atoms. The summed E-state index contributed by atoms with van der Waals surface area (Å²) in [6.07, 6.45) is 3.61. The third-order valence-corrected chi connectivity index (χ3v) is 14.2. The maximum absolute atomic E-state index is 14.0. The maximum Gasteiger partial charge on any atom is 0 e. The number of pyridine rings is 2. The molecule has 0 aliphatic carbocycles. The van der Waals surface area contributed by atoms with Gasteiger partial charge in [-0.2, -0.15) is 0 Å². The molecule has 0 saturated heterocycles. The molecule has 0 saturated carbocycles. The predicted octanol–water partition coefficient (Wildman–Crippen LogP) is 11.2. The standard InChI is InChI=1S/C31H28N3O.C15H15FGeNO3.Ir/c1-18(2)21-11-8-12-22(19(3)4)29(21)34-28-20(5)32-17-16-26(28)33-31(34)25-14-9-13-24-23-10-6-7-15-27(23)35-30(24)25;1-17(2,3)11-5-7-14(18-9-11)12-6-4-10(8-13(12)16)15(19)21-20;/h6-13,15-19H,1-5H3;4-5,7-9,20H,1-3H3;/q2*-1;. The van der Waals surface area contributed by atoms with Gasteiger partial charge in [0, 0.05) is 37.4 Å². The van der Waals surface area contributed by atoms with Crippen molar-refractivity contribution < 1.29 is 43.9 Å². The molecule has 0 atom stereocenters. The fraction of sp³-hybridized carbons (Fsp3) is 0.217. The minimum Gasteiger partial charge on any atom is 0 e. The van der Waals surface area contributed by atoms with Crippen molar-refractivity contribution in [3.8, 4) is 28.3 Å². The van der Waals surface area contributed by atoms with E-state index in [4.69, 9.17) is 14.7 Å². The van der Waals surface area contributed by atoms with Gasteiger partial charge in [-0.25, -0.2) is 0 Å². The Morgan fingerprint density at radius 3 is 2.25 bits per heavy atom. The van der Waals surface area contributed by atoms with Gasteiger partial charge in [0.05, 0.1) is 28.1 Å². The Balaban J connectivity index is 0.000000215. The van der Waals surface area contributed by atoms with Crippen molar-refractivity contribution in [3.63, 3.8) is 0 Å². The Bertz CT molecular complexity index is 2710. The number of furan rings is 1. The van der Waals surface area contributed by atoms with Crippen molar-refractivity contribution in [1.82, 2.24) is 19.5 Å². The summed E-state index contributed by atoms with van der Waals surface area (Å²) in [6.45, 7) is 11.1. The maximum atomic E-state index is 14.0. The first-order valence-corrected chi connectivity index (χ1v) is 26.0. The first-order valence-electron chi connectivity index (χ1n) is 18.6. The average molecular weight is 1000 g/mol. The summed E-state index contributed by atoms with van der Waals surface area (Å²) in [5.74, 6) is 6.59. The second-order valence-electron chi connectivity index (χ2n) is 15.5. The van der Waals surface area contributed by atoms with Crippen LogP contribution >= 0.6 is 0 Å². The van der Waals surface area contributed by atoms with Crippen LogP contribution in [0.4, 0.5) is 4.39 Å². The summed E-state index contributed by atoms with van der Waals surface area (Å²) in [6, 6.07) is 33.0. The van der Waals surface area contributed by atoms with Crippen molar-refractivity contribution in [3.05, 3.63) is 138 Å². The van der Waals surface area contributed by atoms with E-state index in [1.807, 2.05) is 42.6 Å². The van der Waals surface area contributed by atoms with E-state index in [1.165, 1.54) is 27.3 Å². The molecule has 11 heteroatoms. The molecular formula is C46H43FGeIrN4O4-2. The zero-order chi connectivity index (χ0) is 39.9. The monoisotopic (exact) mass is 1000 g/mol. The molecule has 0 aliphatic heterocycles. The van der Waals surface area contributed by atoms with E-state index in [9.17, 15) is 9.18 Å². The summed E-state index contributed by atoms with van der Waals surface area (Å²) >= 11 is -1.95. The van der Waals surface area contributed by atoms with Gasteiger partial charge in [0.25, 0.3) is 0 Å². The van der Waals surface area contributed by atoms with Crippen LogP contribution in [0.3, 0.4) is 0 Å². The zero-order valence-corrected chi connectivity index (χ0v) is 37.6. The van der Waals surface area contributed by atoms with Crippen LogP contribution in [0.1, 0.15) is 66.7 Å². The minimum absolute atomic E-state index is 0. The van der Waals surface area contributed by atoms with Gasteiger partial charge in [0.2, 0.25) is 0 Å². The molecule has 8 rings (SSSR count). The molecular weight excluding hydrogens is 956 g/mol. The van der Waals surface area contributed by atoms with Crippen molar-refractivity contribution in [1.29, 1.82) is 0 Å². The van der Waals surface area contributed by atoms with Gasteiger partial charge in [-0.15, -0.1) is 18.2 Å². The Hall–Kier alpha value is -5.00. The van der Waals surface area contributed by atoms with E-state index in [0.29, 0.717) is 17.5 Å². The van der Waals surface area contributed by atoms with E-state index in [-0.39, 0.29) is 31.2 Å². The molecule has 4 heterocycles. The zero-order valence-electron chi connectivity index (χ0n) is 33.1. The van der Waals surface area contributed by atoms with E-state index in [0.717, 1.165) is 56.1 Å². The minimum atomic E-state index is -1.95. The number of rotatable bonds is 7. The van der Waals surface area contributed by atoms with Gasteiger partial charge in [0.15, 0.2) is 0 Å². The van der Waals surface area contributed by atoms with E-state index < -0.39 is 25.1 Å². The molecule has 4 aromatic carbocycles. The Kier molecular flexibility index (Phi) is 12.3. The largest absolute Gasteiger partial charge is 0 e. The number of carbonyl (C=O) groups is 1. The smallest absolute Gasteiger partial charge is 0 e. The van der Waals surface area contributed by atoms with Crippen LogP contribution in [0.2, 0.25) is 17.3 Å². The fourth-order valence-corrected chi connectivity index (χ4v) is 9.19. The van der Waals surface area contributed by atoms with E-state index >= 15 is 0 Å². The topological polar surface area (TPSA) is 103 Å². The first kappa shape index (κ1) is 41.6. The van der Waals surface area contributed by atoms with Crippen molar-refractivity contribution in [2.75, 3.05) is 0 Å². The van der Waals surface area contributed by atoms with Crippen molar-refractivity contribution in [2.24, 2.45) is 0 Å². The summed E-state index contributed by atoms with van der Waals surface area (Å²) in [7, 11) is 0. The van der Waals surface area contributed by atoms with Crippen molar-refractivity contribution in [2.45, 2.75) is 63.7 Å². The Morgan fingerprint density at radius 2 is 1.61 bits per heavy atom. The number of benzene rings is 4. The van der Waals surface area contributed by atoms with E-state index in [1.54, 1.807) is 12.3 Å². The van der Waals surface area contributed by atoms with Gasteiger partial charge in [-0.3, -0.25) is 9.97 Å². The molecule has 0 amide bonds. The fourth-order valence-electron chi connectivity index (χ4n) is 7.02. The molecule has 0 aliphatic rings. The predicted molar refractivity (Wildman–Crippen MR) is 223 cm³/mol. The second-order valence-corrected chi connectivity index (χ2v) is 26.1. The Labute approximate surface area is 347 Å². The number of imidazole rings is 1. The molecule has 0 bridgehead atoms. The number of carbonyl (C=O) groups excluding carboxylic acids is 1. The number of aryl methyl sites for hydroxylation is 1. The van der Waals surface area contributed by atoms with Gasteiger partial charge in [-0.1, -0.05) is 75.0 Å². The molecule has 293 valence electrons. The summed E-state index contributed by atoms with van der Waals surface area (Å²) in [5.41, 5.74) is 9.72. The van der Waals surface area contributed by atoms with Crippen LogP contribution in [-0.4, -0.2) is 44.0 Å². The molecule has 0 unspecified atom stereocenters. The average Bonchev–Trinajstić information content (AvgIpc) is 3.77. The number of para-hydroxylation sites is 2. The van der Waals surface area contributed by atoms with Crippen LogP contribution in [0.25, 0.3) is 61.3 Å². The molecule has 8 nitrogen and oxygen atoms in total. The van der Waals surface area contributed by atoms with Crippen LogP contribution in [-0.2, 0) is 25.0 Å². The number of hydrogen-bond acceptors (Lipinski definition) is 7. The SMILES string of the molecule is Cc1nccc2nc(-c3[c-]ccc4c3oc3ccccc34)n(-c3c(C(C)C)cccc3C(C)C)c12.[CH3][Ge]([CH3])([CH3])[c]1ccc(-c2[c-]cc(C(=O)OO)cc2F)nc1.[Ir]. The third-order valence-electron chi connectivity index (χ3n) is 9.97. The van der Waals surface area contributed by atoms with E-state index in [2.05, 4.69) is 114 Å². The first-order chi connectivity index (χ1) is 26.8. The second kappa shape index (κ2) is 16.8. The molecule has 0 fully saturated rings. The van der Waals surface area contributed by atoms with Gasteiger partial charge < -0.3 is 8.98 Å². The van der Waals surface area contributed by atoms with Crippen LogP contribution in [0.15, 0.2) is 102 Å². The number of fused-ring (bicyclic) bond motifs is 4.